The van der Waals surface area contributed by atoms with Gasteiger partial charge in [-0.3, -0.25) is 4.68 Å². The van der Waals surface area contributed by atoms with Gasteiger partial charge < -0.3 is 14.6 Å². The predicted molar refractivity (Wildman–Crippen MR) is 74.4 cm³/mol. The first kappa shape index (κ1) is 14.0. The molecule has 0 unspecified atom stereocenters. The summed E-state index contributed by atoms with van der Waals surface area (Å²) >= 11 is 0. The van der Waals surface area contributed by atoms with Crippen molar-refractivity contribution < 1.29 is 14.6 Å². The van der Waals surface area contributed by atoms with Crippen LogP contribution in [0.2, 0.25) is 0 Å². The summed E-state index contributed by atoms with van der Waals surface area (Å²) in [6.45, 7) is 6.28. The predicted octanol–water partition coefficient (Wildman–Crippen LogP) is 1.80. The van der Waals surface area contributed by atoms with Crippen LogP contribution in [0.4, 0.5) is 0 Å². The van der Waals surface area contributed by atoms with E-state index in [0.717, 1.165) is 43.6 Å². The number of aryl methyl sites for hydroxylation is 2. The van der Waals surface area contributed by atoms with Crippen LogP contribution in [-0.4, -0.2) is 39.5 Å². The van der Waals surface area contributed by atoms with Gasteiger partial charge in [-0.05, 0) is 32.8 Å². The SMILES string of the molecule is CCn1nc(C)cc1CC1(O)CCC2(CC1)OCCO2. The minimum atomic E-state index is -0.653. The number of hydrogen-bond acceptors (Lipinski definition) is 4. The summed E-state index contributed by atoms with van der Waals surface area (Å²) in [5.74, 6) is -0.410. The molecule has 0 amide bonds. The summed E-state index contributed by atoms with van der Waals surface area (Å²) in [6.07, 6.45) is 3.67. The number of aromatic nitrogens is 2. The monoisotopic (exact) mass is 280 g/mol. The summed E-state index contributed by atoms with van der Waals surface area (Å²) in [7, 11) is 0. The largest absolute Gasteiger partial charge is 0.389 e. The lowest BCUT2D eigenvalue weighted by Crippen LogP contribution is -2.45. The van der Waals surface area contributed by atoms with Crippen molar-refractivity contribution >= 4 is 0 Å². The summed E-state index contributed by atoms with van der Waals surface area (Å²) in [4.78, 5) is 0. The molecule has 0 bridgehead atoms. The highest BCUT2D eigenvalue weighted by molar-refractivity contribution is 5.12. The zero-order chi connectivity index (χ0) is 14.2. The first-order chi connectivity index (χ1) is 9.54. The Labute approximate surface area is 119 Å². The van der Waals surface area contributed by atoms with Crippen molar-refractivity contribution in [1.29, 1.82) is 0 Å². The number of rotatable bonds is 3. The smallest absolute Gasteiger partial charge is 0.168 e. The number of hydrogen-bond donors (Lipinski definition) is 1. The van der Waals surface area contributed by atoms with Crippen LogP contribution in [0.25, 0.3) is 0 Å². The van der Waals surface area contributed by atoms with E-state index in [2.05, 4.69) is 18.1 Å². The summed E-state index contributed by atoms with van der Waals surface area (Å²) in [5.41, 5.74) is 1.48. The van der Waals surface area contributed by atoms with Crippen LogP contribution in [0.3, 0.4) is 0 Å². The fourth-order valence-electron chi connectivity index (χ4n) is 3.41. The van der Waals surface area contributed by atoms with Crippen molar-refractivity contribution in [2.45, 2.75) is 63.9 Å². The third-order valence-electron chi connectivity index (χ3n) is 4.55. The first-order valence-electron chi connectivity index (χ1n) is 7.58. The molecule has 2 aliphatic rings. The van der Waals surface area contributed by atoms with E-state index in [-0.39, 0.29) is 0 Å². The molecule has 1 aliphatic carbocycles. The van der Waals surface area contributed by atoms with Crippen molar-refractivity contribution in [3.8, 4) is 0 Å². The molecule has 20 heavy (non-hydrogen) atoms. The van der Waals surface area contributed by atoms with Crippen molar-refractivity contribution in [3.63, 3.8) is 0 Å². The normalized spacial score (nSPS) is 24.4. The second-order valence-corrected chi connectivity index (χ2v) is 6.10. The highest BCUT2D eigenvalue weighted by Crippen LogP contribution is 2.41. The standard InChI is InChI=1S/C15H24N2O3/c1-3-17-13(10-12(2)16-17)11-14(18)4-6-15(7-5-14)19-8-9-20-15/h10,18H,3-9,11H2,1-2H3. The summed E-state index contributed by atoms with van der Waals surface area (Å²) in [6, 6.07) is 2.08. The lowest BCUT2D eigenvalue weighted by atomic mass is 9.78. The molecule has 1 aromatic rings. The van der Waals surface area contributed by atoms with E-state index in [1.165, 1.54) is 0 Å². The minimum absolute atomic E-state index is 0.410. The van der Waals surface area contributed by atoms with Gasteiger partial charge in [0.2, 0.25) is 0 Å². The highest BCUT2D eigenvalue weighted by Gasteiger charge is 2.45. The van der Waals surface area contributed by atoms with Gasteiger partial charge in [-0.2, -0.15) is 5.10 Å². The molecule has 2 fully saturated rings. The van der Waals surface area contributed by atoms with Crippen LogP contribution in [0.5, 0.6) is 0 Å². The molecule has 1 spiro atoms. The summed E-state index contributed by atoms with van der Waals surface area (Å²) in [5, 5.41) is 15.3. The fourth-order valence-corrected chi connectivity index (χ4v) is 3.41. The zero-order valence-electron chi connectivity index (χ0n) is 12.4. The quantitative estimate of drug-likeness (QED) is 0.917. The van der Waals surface area contributed by atoms with Gasteiger partial charge in [-0.1, -0.05) is 0 Å². The van der Waals surface area contributed by atoms with E-state index < -0.39 is 11.4 Å². The molecule has 1 saturated carbocycles. The Morgan fingerprint density at radius 1 is 1.25 bits per heavy atom. The highest BCUT2D eigenvalue weighted by atomic mass is 16.7. The van der Waals surface area contributed by atoms with Gasteiger partial charge in [0.25, 0.3) is 0 Å². The molecule has 1 N–H and O–H groups in total. The van der Waals surface area contributed by atoms with E-state index in [1.807, 2.05) is 11.6 Å². The molecule has 5 nitrogen and oxygen atoms in total. The van der Waals surface area contributed by atoms with Crippen molar-refractivity contribution in [3.05, 3.63) is 17.5 Å². The van der Waals surface area contributed by atoms with Gasteiger partial charge in [-0.25, -0.2) is 0 Å². The Morgan fingerprint density at radius 3 is 2.50 bits per heavy atom. The Balaban J connectivity index is 1.68. The zero-order valence-corrected chi connectivity index (χ0v) is 12.4. The van der Waals surface area contributed by atoms with E-state index in [0.29, 0.717) is 19.6 Å². The van der Waals surface area contributed by atoms with Crippen LogP contribution < -0.4 is 0 Å². The van der Waals surface area contributed by atoms with E-state index in [1.54, 1.807) is 0 Å². The molecule has 1 aromatic heterocycles. The van der Waals surface area contributed by atoms with Crippen LogP contribution in [-0.2, 0) is 22.4 Å². The summed E-state index contributed by atoms with van der Waals surface area (Å²) < 4.78 is 13.4. The Hall–Kier alpha value is -0.910. The third kappa shape index (κ3) is 2.62. The van der Waals surface area contributed by atoms with E-state index in [9.17, 15) is 5.11 Å². The molecule has 5 heteroatoms. The average Bonchev–Trinajstić information content (AvgIpc) is 3.01. The fraction of sp³-hybridized carbons (Fsp3) is 0.800. The van der Waals surface area contributed by atoms with Crippen molar-refractivity contribution in [2.24, 2.45) is 0 Å². The third-order valence-corrected chi connectivity index (χ3v) is 4.55. The van der Waals surface area contributed by atoms with Crippen LogP contribution >= 0.6 is 0 Å². The van der Waals surface area contributed by atoms with Crippen molar-refractivity contribution in [2.75, 3.05) is 13.2 Å². The molecule has 2 heterocycles. The maximum atomic E-state index is 10.8. The molecule has 0 radical (unpaired) electrons. The van der Waals surface area contributed by atoms with Crippen LogP contribution in [0.15, 0.2) is 6.07 Å². The molecule has 0 aromatic carbocycles. The van der Waals surface area contributed by atoms with Gasteiger partial charge in [0.05, 0.1) is 24.5 Å². The second kappa shape index (κ2) is 5.13. The lowest BCUT2D eigenvalue weighted by Gasteiger charge is -2.40. The maximum absolute atomic E-state index is 10.8. The first-order valence-corrected chi connectivity index (χ1v) is 7.58. The lowest BCUT2D eigenvalue weighted by molar-refractivity contribution is -0.202. The van der Waals surface area contributed by atoms with Gasteiger partial charge >= 0.3 is 0 Å². The molecular weight excluding hydrogens is 256 g/mol. The Bertz CT molecular complexity index is 467. The molecule has 1 saturated heterocycles. The molecule has 0 atom stereocenters. The van der Waals surface area contributed by atoms with Crippen LogP contribution in [0.1, 0.15) is 44.0 Å². The minimum Gasteiger partial charge on any atom is -0.389 e. The Kier molecular flexibility index (Phi) is 3.60. The second-order valence-electron chi connectivity index (χ2n) is 6.10. The van der Waals surface area contributed by atoms with Gasteiger partial charge in [0.1, 0.15) is 0 Å². The van der Waals surface area contributed by atoms with Gasteiger partial charge in [0.15, 0.2) is 5.79 Å². The van der Waals surface area contributed by atoms with Gasteiger partial charge in [0, 0.05) is 31.5 Å². The molecular formula is C15H24N2O3. The number of aliphatic hydroxyl groups is 1. The van der Waals surface area contributed by atoms with E-state index >= 15 is 0 Å². The average molecular weight is 280 g/mol. The molecule has 3 rings (SSSR count). The Morgan fingerprint density at radius 2 is 1.90 bits per heavy atom. The number of nitrogens with zero attached hydrogens (tertiary/aromatic N) is 2. The van der Waals surface area contributed by atoms with Crippen LogP contribution in [0, 0.1) is 6.92 Å². The molecule has 112 valence electrons. The molecule has 1 aliphatic heterocycles. The van der Waals surface area contributed by atoms with Gasteiger partial charge in [-0.15, -0.1) is 0 Å². The topological polar surface area (TPSA) is 56.5 Å². The maximum Gasteiger partial charge on any atom is 0.168 e. The van der Waals surface area contributed by atoms with E-state index in [4.69, 9.17) is 9.47 Å². The van der Waals surface area contributed by atoms with Crippen molar-refractivity contribution in [1.82, 2.24) is 9.78 Å². The number of ether oxygens (including phenoxy) is 2.